The van der Waals surface area contributed by atoms with E-state index in [0.717, 1.165) is 24.4 Å². The largest absolute Gasteiger partial charge is 0.364 e. The summed E-state index contributed by atoms with van der Waals surface area (Å²) in [5.41, 5.74) is 0.967. The van der Waals surface area contributed by atoms with Crippen LogP contribution in [0.1, 0.15) is 17.8 Å². The number of nitrogens with one attached hydrogen (secondary N) is 3. The maximum absolute atomic E-state index is 11.3. The van der Waals surface area contributed by atoms with Crippen molar-refractivity contribution in [1.29, 1.82) is 0 Å². The highest BCUT2D eigenvalue weighted by Crippen LogP contribution is 2.02. The molecule has 0 saturated carbocycles. The number of aromatic nitrogens is 5. The molecule has 0 radical (unpaired) electrons. The van der Waals surface area contributed by atoms with Crippen LogP contribution in [-0.4, -0.2) is 31.5 Å². The first kappa shape index (κ1) is 13.1. The Labute approximate surface area is 108 Å². The third-order valence-corrected chi connectivity index (χ3v) is 2.65. The van der Waals surface area contributed by atoms with Gasteiger partial charge in [0.15, 0.2) is 0 Å². The van der Waals surface area contributed by atoms with Crippen molar-refractivity contribution in [2.75, 3.05) is 11.9 Å². The standard InChI is InChI=1S/C11H16N6O2/c1-7-6-8(2)17(16-7)5-3-4-12-9-10(18)13-11(19)15-14-9/h6H,3-5H2,1-2H3,(H,12,14)(H2,13,15,18,19). The van der Waals surface area contributed by atoms with Gasteiger partial charge in [-0.1, -0.05) is 0 Å². The smallest absolute Gasteiger partial charge is 0.342 e. The van der Waals surface area contributed by atoms with Gasteiger partial charge in [-0.2, -0.15) is 5.10 Å². The molecule has 0 aliphatic carbocycles. The van der Waals surface area contributed by atoms with Gasteiger partial charge in [-0.15, -0.1) is 5.10 Å². The van der Waals surface area contributed by atoms with E-state index >= 15 is 0 Å². The first-order valence-corrected chi connectivity index (χ1v) is 6.00. The molecule has 0 unspecified atom stereocenters. The molecule has 8 nitrogen and oxygen atoms in total. The van der Waals surface area contributed by atoms with Gasteiger partial charge >= 0.3 is 5.69 Å². The van der Waals surface area contributed by atoms with E-state index in [-0.39, 0.29) is 5.82 Å². The molecule has 2 aromatic heterocycles. The van der Waals surface area contributed by atoms with E-state index in [2.05, 4.69) is 25.6 Å². The highest BCUT2D eigenvalue weighted by Gasteiger charge is 2.02. The normalized spacial score (nSPS) is 10.6. The van der Waals surface area contributed by atoms with Crippen molar-refractivity contribution in [1.82, 2.24) is 25.0 Å². The predicted octanol–water partition coefficient (Wildman–Crippen LogP) is -0.226. The van der Waals surface area contributed by atoms with Gasteiger partial charge in [0.05, 0.1) is 5.69 Å². The predicted molar refractivity (Wildman–Crippen MR) is 70.3 cm³/mol. The van der Waals surface area contributed by atoms with Crippen LogP contribution in [0.15, 0.2) is 15.7 Å². The Balaban J connectivity index is 1.85. The molecule has 0 aliphatic heterocycles. The van der Waals surface area contributed by atoms with Crippen LogP contribution in [0.4, 0.5) is 5.82 Å². The highest BCUT2D eigenvalue weighted by molar-refractivity contribution is 5.28. The van der Waals surface area contributed by atoms with Gasteiger partial charge in [-0.25, -0.2) is 9.89 Å². The fourth-order valence-electron chi connectivity index (χ4n) is 1.80. The van der Waals surface area contributed by atoms with E-state index in [1.165, 1.54) is 0 Å². The van der Waals surface area contributed by atoms with Crippen LogP contribution < -0.4 is 16.6 Å². The summed E-state index contributed by atoms with van der Waals surface area (Å²) in [5.74, 6) is 0.118. The Hall–Kier alpha value is -2.38. The Bertz CT molecular complexity index is 668. The molecule has 0 amide bonds. The second-order valence-electron chi connectivity index (χ2n) is 4.29. The summed E-state index contributed by atoms with van der Waals surface area (Å²) in [7, 11) is 0. The molecule has 2 heterocycles. The van der Waals surface area contributed by atoms with Crippen LogP contribution in [0, 0.1) is 13.8 Å². The summed E-state index contributed by atoms with van der Waals surface area (Å²) in [6, 6.07) is 2.02. The van der Waals surface area contributed by atoms with E-state index < -0.39 is 11.2 Å². The lowest BCUT2D eigenvalue weighted by atomic mass is 10.4. The third-order valence-electron chi connectivity index (χ3n) is 2.65. The number of H-pyrrole nitrogens is 2. The molecule has 2 aromatic rings. The molecule has 8 heteroatoms. The number of anilines is 1. The average molecular weight is 264 g/mol. The number of aromatic amines is 2. The van der Waals surface area contributed by atoms with Crippen LogP contribution in [0.25, 0.3) is 0 Å². The van der Waals surface area contributed by atoms with Crippen LogP contribution >= 0.6 is 0 Å². The fraction of sp³-hybridized carbons (Fsp3) is 0.455. The maximum atomic E-state index is 11.3. The Morgan fingerprint density at radius 3 is 2.79 bits per heavy atom. The Kier molecular flexibility index (Phi) is 3.79. The van der Waals surface area contributed by atoms with Crippen molar-refractivity contribution < 1.29 is 0 Å². The second kappa shape index (κ2) is 5.51. The minimum absolute atomic E-state index is 0.118. The molecule has 3 N–H and O–H groups in total. The zero-order valence-electron chi connectivity index (χ0n) is 10.9. The molecule has 0 fully saturated rings. The van der Waals surface area contributed by atoms with Gasteiger partial charge in [0.25, 0.3) is 5.56 Å². The topological polar surface area (TPSA) is 108 Å². The highest BCUT2D eigenvalue weighted by atomic mass is 16.2. The third kappa shape index (κ3) is 3.30. The molecule has 0 aliphatic rings. The summed E-state index contributed by atoms with van der Waals surface area (Å²) in [6.07, 6.45) is 0.794. The molecule has 0 aromatic carbocycles. The zero-order chi connectivity index (χ0) is 13.8. The monoisotopic (exact) mass is 264 g/mol. The average Bonchev–Trinajstić information content (AvgIpc) is 2.65. The van der Waals surface area contributed by atoms with Crippen molar-refractivity contribution in [3.8, 4) is 0 Å². The minimum atomic E-state index is -0.613. The summed E-state index contributed by atoms with van der Waals surface area (Å²) >= 11 is 0. The first-order chi connectivity index (χ1) is 9.06. The lowest BCUT2D eigenvalue weighted by Crippen LogP contribution is -2.27. The van der Waals surface area contributed by atoms with E-state index in [4.69, 9.17) is 0 Å². The van der Waals surface area contributed by atoms with E-state index in [0.29, 0.717) is 6.54 Å². The minimum Gasteiger partial charge on any atom is -0.364 e. The summed E-state index contributed by atoms with van der Waals surface area (Å²) in [6.45, 7) is 5.28. The van der Waals surface area contributed by atoms with E-state index in [1.807, 2.05) is 24.6 Å². The molecule has 0 atom stereocenters. The van der Waals surface area contributed by atoms with Gasteiger partial charge in [0.1, 0.15) is 0 Å². The van der Waals surface area contributed by atoms with Crippen molar-refractivity contribution in [2.24, 2.45) is 0 Å². The van der Waals surface area contributed by atoms with E-state index in [1.54, 1.807) is 0 Å². The number of hydrogen-bond acceptors (Lipinski definition) is 5. The molecule has 102 valence electrons. The number of hydrogen-bond donors (Lipinski definition) is 3. The first-order valence-electron chi connectivity index (χ1n) is 6.00. The summed E-state index contributed by atoms with van der Waals surface area (Å²) in [5, 5.41) is 13.0. The molecule has 19 heavy (non-hydrogen) atoms. The number of rotatable bonds is 5. The van der Waals surface area contributed by atoms with Gasteiger partial charge in [-0.05, 0) is 26.3 Å². The van der Waals surface area contributed by atoms with Gasteiger partial charge in [0.2, 0.25) is 5.82 Å². The van der Waals surface area contributed by atoms with Crippen molar-refractivity contribution in [2.45, 2.75) is 26.8 Å². The molecule has 0 saturated heterocycles. The van der Waals surface area contributed by atoms with Crippen molar-refractivity contribution in [3.63, 3.8) is 0 Å². The maximum Gasteiger partial charge on any atom is 0.342 e. The molecule has 0 spiro atoms. The van der Waals surface area contributed by atoms with E-state index in [9.17, 15) is 9.59 Å². The number of aryl methyl sites for hydroxylation is 3. The van der Waals surface area contributed by atoms with Crippen molar-refractivity contribution in [3.05, 3.63) is 38.3 Å². The molecular formula is C11H16N6O2. The zero-order valence-corrected chi connectivity index (χ0v) is 10.9. The Morgan fingerprint density at radius 1 is 1.37 bits per heavy atom. The molecular weight excluding hydrogens is 248 g/mol. The van der Waals surface area contributed by atoms with Crippen LogP contribution in [-0.2, 0) is 6.54 Å². The fourth-order valence-corrected chi connectivity index (χ4v) is 1.80. The quantitative estimate of drug-likeness (QED) is 0.647. The lowest BCUT2D eigenvalue weighted by molar-refractivity contribution is 0.573. The Morgan fingerprint density at radius 2 is 2.16 bits per heavy atom. The van der Waals surface area contributed by atoms with Crippen molar-refractivity contribution >= 4 is 5.82 Å². The van der Waals surface area contributed by atoms with Gasteiger partial charge < -0.3 is 5.32 Å². The lowest BCUT2D eigenvalue weighted by Gasteiger charge is -2.05. The van der Waals surface area contributed by atoms with Crippen LogP contribution in [0.3, 0.4) is 0 Å². The molecule has 0 bridgehead atoms. The second-order valence-corrected chi connectivity index (χ2v) is 4.29. The van der Waals surface area contributed by atoms with Crippen LogP contribution in [0.5, 0.6) is 0 Å². The van der Waals surface area contributed by atoms with Crippen LogP contribution in [0.2, 0.25) is 0 Å². The molecule has 2 rings (SSSR count). The van der Waals surface area contributed by atoms with Gasteiger partial charge in [-0.3, -0.25) is 14.5 Å². The summed E-state index contributed by atoms with van der Waals surface area (Å²) < 4.78 is 1.92. The van der Waals surface area contributed by atoms with Gasteiger partial charge in [0, 0.05) is 18.8 Å². The SMILES string of the molecule is Cc1cc(C)n(CCCNc2n[nH]c(=O)[nH]c2=O)n1. The number of nitrogens with zero attached hydrogens (tertiary/aromatic N) is 3. The summed E-state index contributed by atoms with van der Waals surface area (Å²) in [4.78, 5) is 24.2.